The Bertz CT molecular complexity index is 371. The highest BCUT2D eigenvalue weighted by molar-refractivity contribution is 7.99. The van der Waals surface area contributed by atoms with Gasteiger partial charge in [0.05, 0.1) is 13.2 Å². The van der Waals surface area contributed by atoms with Gasteiger partial charge in [0.1, 0.15) is 0 Å². The van der Waals surface area contributed by atoms with E-state index in [9.17, 15) is 9.50 Å². The van der Waals surface area contributed by atoms with Crippen LogP contribution < -0.4 is 4.74 Å². The molecule has 1 rings (SSSR count). The van der Waals surface area contributed by atoms with Gasteiger partial charge < -0.3 is 9.84 Å². The van der Waals surface area contributed by atoms with Crippen LogP contribution in [0.3, 0.4) is 0 Å². The molecule has 0 spiro atoms. The third kappa shape index (κ3) is 4.50. The molecule has 18 heavy (non-hydrogen) atoms. The second-order valence-corrected chi connectivity index (χ2v) is 5.81. The minimum absolute atomic E-state index is 0.231. The molecule has 1 aromatic rings. The van der Waals surface area contributed by atoms with Crippen molar-refractivity contribution in [3.63, 3.8) is 0 Å². The van der Waals surface area contributed by atoms with Crippen molar-refractivity contribution in [3.05, 3.63) is 29.6 Å². The van der Waals surface area contributed by atoms with Gasteiger partial charge in [0.2, 0.25) is 0 Å². The summed E-state index contributed by atoms with van der Waals surface area (Å²) < 4.78 is 18.8. The summed E-state index contributed by atoms with van der Waals surface area (Å²) in [6.07, 6.45) is 0.878. The lowest BCUT2D eigenvalue weighted by Gasteiger charge is -2.14. The van der Waals surface area contributed by atoms with E-state index in [0.717, 1.165) is 6.42 Å². The summed E-state index contributed by atoms with van der Waals surface area (Å²) in [6, 6.07) is 5.01. The molecule has 1 aromatic carbocycles. The topological polar surface area (TPSA) is 29.5 Å². The van der Waals surface area contributed by atoms with Crippen molar-refractivity contribution in [2.24, 2.45) is 0 Å². The average Bonchev–Trinajstić information content (AvgIpc) is 2.38. The van der Waals surface area contributed by atoms with Crippen molar-refractivity contribution in [2.75, 3.05) is 12.9 Å². The zero-order valence-corrected chi connectivity index (χ0v) is 12.0. The molecule has 0 radical (unpaired) electrons. The van der Waals surface area contributed by atoms with Crippen LogP contribution in [0.2, 0.25) is 0 Å². The van der Waals surface area contributed by atoms with E-state index in [1.165, 1.54) is 7.11 Å². The fourth-order valence-electron chi connectivity index (χ4n) is 1.58. The average molecular weight is 272 g/mol. The number of halogens is 1. The Kier molecular flexibility index (Phi) is 6.50. The lowest BCUT2D eigenvalue weighted by Crippen LogP contribution is -2.16. The molecule has 0 aliphatic carbocycles. The number of thioether (sulfide) groups is 1. The first kappa shape index (κ1) is 15.3. The van der Waals surface area contributed by atoms with Gasteiger partial charge in [0.25, 0.3) is 0 Å². The van der Waals surface area contributed by atoms with E-state index >= 15 is 0 Å². The summed E-state index contributed by atoms with van der Waals surface area (Å²) in [5.74, 6) is 0.493. The van der Waals surface area contributed by atoms with Gasteiger partial charge in [0, 0.05) is 17.4 Å². The van der Waals surface area contributed by atoms with E-state index in [1.54, 1.807) is 30.0 Å². The van der Waals surface area contributed by atoms with Crippen LogP contribution in [0.4, 0.5) is 4.39 Å². The van der Waals surface area contributed by atoms with Gasteiger partial charge in [-0.3, -0.25) is 0 Å². The van der Waals surface area contributed by atoms with Gasteiger partial charge in [-0.25, -0.2) is 4.39 Å². The number of benzene rings is 1. The van der Waals surface area contributed by atoms with Crippen molar-refractivity contribution in [3.8, 4) is 5.75 Å². The molecule has 2 nitrogen and oxygen atoms in total. The summed E-state index contributed by atoms with van der Waals surface area (Å²) in [4.78, 5) is 0. The highest BCUT2D eigenvalue weighted by Crippen LogP contribution is 2.22. The highest BCUT2D eigenvalue weighted by Gasteiger charge is 2.13. The molecule has 0 fully saturated rings. The van der Waals surface area contributed by atoms with Crippen LogP contribution >= 0.6 is 11.8 Å². The predicted molar refractivity (Wildman–Crippen MR) is 74.9 cm³/mol. The van der Waals surface area contributed by atoms with Crippen LogP contribution in [0, 0.1) is 5.82 Å². The molecule has 0 heterocycles. The Morgan fingerprint density at radius 1 is 1.44 bits per heavy atom. The number of rotatable bonds is 7. The van der Waals surface area contributed by atoms with Gasteiger partial charge in [-0.15, -0.1) is 0 Å². The lowest BCUT2D eigenvalue weighted by molar-refractivity contribution is 0.198. The van der Waals surface area contributed by atoms with Crippen LogP contribution in [0.25, 0.3) is 0 Å². The van der Waals surface area contributed by atoms with Gasteiger partial charge in [-0.1, -0.05) is 26.0 Å². The summed E-state index contributed by atoms with van der Waals surface area (Å²) in [6.45, 7) is 4.25. The Hall–Kier alpha value is -0.740. The van der Waals surface area contributed by atoms with Crippen LogP contribution in [0.15, 0.2) is 18.2 Å². The Morgan fingerprint density at radius 2 is 2.17 bits per heavy atom. The number of aliphatic hydroxyl groups is 1. The maximum absolute atomic E-state index is 13.9. The molecule has 1 N–H and O–H groups in total. The summed E-state index contributed by atoms with van der Waals surface area (Å²) in [7, 11) is 1.44. The first-order chi connectivity index (χ1) is 8.58. The van der Waals surface area contributed by atoms with Crippen LogP contribution in [-0.2, 0) is 6.42 Å². The zero-order valence-electron chi connectivity index (χ0n) is 11.1. The summed E-state index contributed by atoms with van der Waals surface area (Å²) in [5.41, 5.74) is 0.506. The number of ether oxygens (including phenoxy) is 1. The second-order valence-electron chi connectivity index (χ2n) is 4.34. The standard InChI is InChI=1S/C14H21FO2S/c1-4-10(2)18-9-12(16)8-11-6-5-7-13(17-3)14(11)15/h5-7,10,12,16H,4,8-9H2,1-3H3. The van der Waals surface area contributed by atoms with Crippen molar-refractivity contribution in [2.45, 2.75) is 38.0 Å². The van der Waals surface area contributed by atoms with Crippen molar-refractivity contribution in [1.82, 2.24) is 0 Å². The van der Waals surface area contributed by atoms with Gasteiger partial charge in [-0.05, 0) is 18.1 Å². The van der Waals surface area contributed by atoms with Crippen molar-refractivity contribution in [1.29, 1.82) is 0 Å². The maximum atomic E-state index is 13.9. The third-order valence-electron chi connectivity index (χ3n) is 2.87. The number of hydrogen-bond acceptors (Lipinski definition) is 3. The van der Waals surface area contributed by atoms with E-state index < -0.39 is 6.10 Å². The molecule has 102 valence electrons. The predicted octanol–water partition coefficient (Wildman–Crippen LogP) is 3.27. The molecule has 0 bridgehead atoms. The Labute approximate surface area is 113 Å². The summed E-state index contributed by atoms with van der Waals surface area (Å²) in [5, 5.41) is 10.4. The van der Waals surface area contributed by atoms with E-state index in [4.69, 9.17) is 4.74 Å². The number of aliphatic hydroxyl groups excluding tert-OH is 1. The van der Waals surface area contributed by atoms with E-state index in [1.807, 2.05) is 0 Å². The summed E-state index contributed by atoms with van der Waals surface area (Å²) >= 11 is 1.72. The fraction of sp³-hybridized carbons (Fsp3) is 0.571. The normalized spacial score (nSPS) is 14.3. The van der Waals surface area contributed by atoms with E-state index in [0.29, 0.717) is 23.0 Å². The second kappa shape index (κ2) is 7.64. The number of methoxy groups -OCH3 is 1. The van der Waals surface area contributed by atoms with E-state index in [-0.39, 0.29) is 11.6 Å². The van der Waals surface area contributed by atoms with Crippen LogP contribution in [0.5, 0.6) is 5.75 Å². The number of hydrogen-bond donors (Lipinski definition) is 1. The SMILES string of the molecule is CCC(C)SCC(O)Cc1cccc(OC)c1F. The van der Waals surface area contributed by atoms with Gasteiger partial charge in [0.15, 0.2) is 11.6 Å². The smallest absolute Gasteiger partial charge is 0.168 e. The van der Waals surface area contributed by atoms with Gasteiger partial charge >= 0.3 is 0 Å². The fourth-order valence-corrected chi connectivity index (χ4v) is 2.48. The monoisotopic (exact) mass is 272 g/mol. The zero-order chi connectivity index (χ0) is 13.5. The van der Waals surface area contributed by atoms with Crippen LogP contribution in [-0.4, -0.2) is 29.3 Å². The molecule has 2 atom stereocenters. The minimum atomic E-state index is -0.523. The molecule has 0 aliphatic heterocycles. The highest BCUT2D eigenvalue weighted by atomic mass is 32.2. The van der Waals surface area contributed by atoms with E-state index in [2.05, 4.69) is 13.8 Å². The molecule has 2 unspecified atom stereocenters. The van der Waals surface area contributed by atoms with Crippen LogP contribution in [0.1, 0.15) is 25.8 Å². The minimum Gasteiger partial charge on any atom is -0.494 e. The molecular formula is C14H21FO2S. The molecule has 0 amide bonds. The lowest BCUT2D eigenvalue weighted by atomic mass is 10.1. The molecule has 0 aliphatic rings. The maximum Gasteiger partial charge on any atom is 0.168 e. The first-order valence-corrected chi connectivity index (χ1v) is 7.24. The van der Waals surface area contributed by atoms with Crippen molar-refractivity contribution >= 4 is 11.8 Å². The quantitative estimate of drug-likeness (QED) is 0.826. The molecular weight excluding hydrogens is 251 g/mol. The molecule has 4 heteroatoms. The molecule has 0 saturated heterocycles. The molecule has 0 saturated carbocycles. The first-order valence-electron chi connectivity index (χ1n) is 6.19. The van der Waals surface area contributed by atoms with Crippen molar-refractivity contribution < 1.29 is 14.2 Å². The third-order valence-corrected chi connectivity index (χ3v) is 4.35. The molecule has 0 aromatic heterocycles. The Balaban J connectivity index is 2.56. The largest absolute Gasteiger partial charge is 0.494 e. The van der Waals surface area contributed by atoms with Gasteiger partial charge in [-0.2, -0.15) is 11.8 Å². The Morgan fingerprint density at radius 3 is 2.78 bits per heavy atom.